The first-order valence-electron chi connectivity index (χ1n) is 4.19. The molecule has 0 aliphatic rings. The number of rotatable bonds is 1. The van der Waals surface area contributed by atoms with E-state index in [1.807, 2.05) is 25.1 Å². The van der Waals surface area contributed by atoms with Crippen LogP contribution in [-0.4, -0.2) is 15.2 Å². The highest BCUT2D eigenvalue weighted by Gasteiger charge is 2.11. The van der Waals surface area contributed by atoms with E-state index in [4.69, 9.17) is 5.26 Å². The number of pyridine rings is 1. The predicted octanol–water partition coefficient (Wildman–Crippen LogP) is 1.65. The molecule has 0 aliphatic heterocycles. The van der Waals surface area contributed by atoms with Gasteiger partial charge in [-0.2, -0.15) is 10.4 Å². The molecular weight excluding hydrogens is 176 g/mol. The first-order valence-corrected chi connectivity index (χ1v) is 4.19. The Bertz CT molecular complexity index is 479. The predicted molar refractivity (Wildman–Crippen MR) is 51.3 cm³/mol. The van der Waals surface area contributed by atoms with Gasteiger partial charge in [-0.05, 0) is 19.1 Å². The van der Waals surface area contributed by atoms with E-state index < -0.39 is 0 Å². The molecule has 68 valence electrons. The molecule has 0 bridgehead atoms. The largest absolute Gasteiger partial charge is 0.281 e. The average Bonchev–Trinajstić information content (AvgIpc) is 2.61. The molecule has 14 heavy (non-hydrogen) atoms. The molecule has 0 fully saturated rings. The maximum Gasteiger partial charge on any atom is 0.128 e. The second-order valence-electron chi connectivity index (χ2n) is 2.90. The van der Waals surface area contributed by atoms with Crippen molar-refractivity contribution < 1.29 is 0 Å². The molecule has 0 amide bonds. The Morgan fingerprint density at radius 3 is 2.93 bits per heavy atom. The van der Waals surface area contributed by atoms with Crippen molar-refractivity contribution in [3.8, 4) is 17.5 Å². The molecule has 2 aromatic rings. The van der Waals surface area contributed by atoms with Crippen molar-refractivity contribution in [2.75, 3.05) is 0 Å². The minimum atomic E-state index is 0.559. The van der Waals surface area contributed by atoms with Gasteiger partial charge >= 0.3 is 0 Å². The zero-order valence-electron chi connectivity index (χ0n) is 7.65. The van der Waals surface area contributed by atoms with Gasteiger partial charge in [0.15, 0.2) is 0 Å². The monoisotopic (exact) mass is 184 g/mol. The normalized spacial score (nSPS) is 9.71. The summed E-state index contributed by atoms with van der Waals surface area (Å²) in [4.78, 5) is 4.14. The topological polar surface area (TPSA) is 65.4 Å². The van der Waals surface area contributed by atoms with Crippen molar-refractivity contribution in [2.45, 2.75) is 6.92 Å². The SMILES string of the molecule is Cc1[nH]nc(-c2ccccn2)c1C#N. The second-order valence-corrected chi connectivity index (χ2v) is 2.90. The van der Waals surface area contributed by atoms with E-state index in [1.54, 1.807) is 6.20 Å². The Morgan fingerprint density at radius 2 is 2.29 bits per heavy atom. The van der Waals surface area contributed by atoms with Crippen LogP contribution < -0.4 is 0 Å². The van der Waals surface area contributed by atoms with Gasteiger partial charge in [-0.1, -0.05) is 6.07 Å². The first-order chi connectivity index (χ1) is 6.83. The highest BCUT2D eigenvalue weighted by Crippen LogP contribution is 2.19. The molecule has 0 atom stereocenters. The Hall–Kier alpha value is -2.15. The number of nitriles is 1. The Morgan fingerprint density at radius 1 is 1.43 bits per heavy atom. The maximum atomic E-state index is 8.91. The molecule has 4 nitrogen and oxygen atoms in total. The van der Waals surface area contributed by atoms with Gasteiger partial charge in [-0.15, -0.1) is 0 Å². The van der Waals surface area contributed by atoms with Crippen LogP contribution in [0, 0.1) is 18.3 Å². The lowest BCUT2D eigenvalue weighted by molar-refractivity contribution is 1.04. The van der Waals surface area contributed by atoms with E-state index in [-0.39, 0.29) is 0 Å². The summed E-state index contributed by atoms with van der Waals surface area (Å²) in [5, 5.41) is 15.7. The van der Waals surface area contributed by atoms with Crippen LogP contribution >= 0.6 is 0 Å². The third-order valence-corrected chi connectivity index (χ3v) is 1.97. The molecule has 0 aromatic carbocycles. The summed E-state index contributed by atoms with van der Waals surface area (Å²) >= 11 is 0. The van der Waals surface area contributed by atoms with Crippen molar-refractivity contribution >= 4 is 0 Å². The summed E-state index contributed by atoms with van der Waals surface area (Å²) in [5.74, 6) is 0. The van der Waals surface area contributed by atoms with Crippen molar-refractivity contribution in [2.24, 2.45) is 0 Å². The van der Waals surface area contributed by atoms with Crippen LogP contribution in [0.15, 0.2) is 24.4 Å². The minimum absolute atomic E-state index is 0.559. The maximum absolute atomic E-state index is 8.91. The third-order valence-electron chi connectivity index (χ3n) is 1.97. The highest BCUT2D eigenvalue weighted by atomic mass is 15.1. The molecule has 0 unspecified atom stereocenters. The number of hydrogen-bond donors (Lipinski definition) is 1. The van der Waals surface area contributed by atoms with Gasteiger partial charge < -0.3 is 0 Å². The smallest absolute Gasteiger partial charge is 0.128 e. The number of nitrogens with zero attached hydrogens (tertiary/aromatic N) is 3. The number of aromatic nitrogens is 3. The average molecular weight is 184 g/mol. The standard InChI is InChI=1S/C10H8N4/c1-7-8(6-11)10(14-13-7)9-4-2-3-5-12-9/h2-5H,1H3,(H,13,14). The van der Waals surface area contributed by atoms with Crippen LogP contribution in [0.4, 0.5) is 0 Å². The van der Waals surface area contributed by atoms with Crippen LogP contribution in [0.2, 0.25) is 0 Å². The van der Waals surface area contributed by atoms with E-state index in [0.29, 0.717) is 17.0 Å². The van der Waals surface area contributed by atoms with Gasteiger partial charge in [0.1, 0.15) is 17.3 Å². The van der Waals surface area contributed by atoms with E-state index in [9.17, 15) is 0 Å². The Balaban J connectivity index is 2.59. The van der Waals surface area contributed by atoms with Crippen molar-refractivity contribution in [1.29, 1.82) is 5.26 Å². The van der Waals surface area contributed by atoms with Gasteiger partial charge in [0.2, 0.25) is 0 Å². The molecule has 2 aromatic heterocycles. The molecule has 1 N–H and O–H groups in total. The fourth-order valence-corrected chi connectivity index (χ4v) is 1.25. The van der Waals surface area contributed by atoms with Crippen LogP contribution in [0.5, 0.6) is 0 Å². The molecule has 0 saturated heterocycles. The number of nitrogens with one attached hydrogen (secondary N) is 1. The lowest BCUT2D eigenvalue weighted by atomic mass is 10.1. The number of aryl methyl sites for hydroxylation is 1. The Kier molecular flexibility index (Phi) is 1.99. The molecule has 0 spiro atoms. The van der Waals surface area contributed by atoms with E-state index in [0.717, 1.165) is 5.69 Å². The molecule has 2 heterocycles. The summed E-state index contributed by atoms with van der Waals surface area (Å²) in [6.07, 6.45) is 1.68. The molecule has 0 aliphatic carbocycles. The van der Waals surface area contributed by atoms with Gasteiger partial charge in [0.25, 0.3) is 0 Å². The Labute approximate surface area is 81.2 Å². The van der Waals surface area contributed by atoms with Crippen LogP contribution in [-0.2, 0) is 0 Å². The summed E-state index contributed by atoms with van der Waals surface area (Å²) in [6.45, 7) is 1.82. The summed E-state index contributed by atoms with van der Waals surface area (Å²) < 4.78 is 0. The van der Waals surface area contributed by atoms with Crippen molar-refractivity contribution in [3.63, 3.8) is 0 Å². The summed E-state index contributed by atoms with van der Waals surface area (Å²) in [6, 6.07) is 7.64. The fraction of sp³-hybridized carbons (Fsp3) is 0.100. The summed E-state index contributed by atoms with van der Waals surface area (Å²) in [5.41, 5.74) is 2.66. The minimum Gasteiger partial charge on any atom is -0.281 e. The van der Waals surface area contributed by atoms with Crippen LogP contribution in [0.1, 0.15) is 11.3 Å². The fourth-order valence-electron chi connectivity index (χ4n) is 1.25. The number of aromatic amines is 1. The molecule has 2 rings (SSSR count). The van der Waals surface area contributed by atoms with E-state index >= 15 is 0 Å². The second kappa shape index (κ2) is 3.30. The quantitative estimate of drug-likeness (QED) is 0.732. The summed E-state index contributed by atoms with van der Waals surface area (Å²) in [7, 11) is 0. The molecule has 0 saturated carbocycles. The molecule has 0 radical (unpaired) electrons. The van der Waals surface area contributed by atoms with E-state index in [1.165, 1.54) is 0 Å². The van der Waals surface area contributed by atoms with Gasteiger partial charge in [0.05, 0.1) is 11.4 Å². The van der Waals surface area contributed by atoms with Crippen LogP contribution in [0.3, 0.4) is 0 Å². The number of hydrogen-bond acceptors (Lipinski definition) is 3. The lowest BCUT2D eigenvalue weighted by Crippen LogP contribution is -1.85. The van der Waals surface area contributed by atoms with Gasteiger partial charge in [0, 0.05) is 6.20 Å². The number of H-pyrrole nitrogens is 1. The van der Waals surface area contributed by atoms with Gasteiger partial charge in [-0.25, -0.2) is 0 Å². The first kappa shape index (κ1) is 8.45. The lowest BCUT2D eigenvalue weighted by Gasteiger charge is -1.94. The third kappa shape index (κ3) is 1.25. The molecular formula is C10H8N4. The van der Waals surface area contributed by atoms with Gasteiger partial charge in [-0.3, -0.25) is 10.1 Å². The van der Waals surface area contributed by atoms with Crippen molar-refractivity contribution in [3.05, 3.63) is 35.7 Å². The zero-order valence-corrected chi connectivity index (χ0v) is 7.65. The van der Waals surface area contributed by atoms with E-state index in [2.05, 4.69) is 21.3 Å². The zero-order chi connectivity index (χ0) is 9.97. The molecule has 4 heteroatoms. The highest BCUT2D eigenvalue weighted by molar-refractivity contribution is 5.63. The van der Waals surface area contributed by atoms with Crippen molar-refractivity contribution in [1.82, 2.24) is 15.2 Å². The van der Waals surface area contributed by atoms with Crippen LogP contribution in [0.25, 0.3) is 11.4 Å².